The highest BCUT2D eigenvalue weighted by Gasteiger charge is 2.14. The molecule has 1 N–H and O–H groups in total. The number of esters is 1. The summed E-state index contributed by atoms with van der Waals surface area (Å²) in [6, 6.07) is 16.5. The van der Waals surface area contributed by atoms with E-state index in [4.69, 9.17) is 4.74 Å². The summed E-state index contributed by atoms with van der Waals surface area (Å²) in [6.07, 6.45) is 1.92. The molecule has 2 aromatic rings. The minimum atomic E-state index is -0.374. The predicted octanol–water partition coefficient (Wildman–Crippen LogP) is 3.24. The van der Waals surface area contributed by atoms with Crippen molar-refractivity contribution in [2.75, 3.05) is 13.7 Å². The number of carbonyl (C=O) groups is 2. The lowest BCUT2D eigenvalue weighted by atomic mass is 9.97. The highest BCUT2D eigenvalue weighted by Crippen LogP contribution is 2.18. The van der Waals surface area contributed by atoms with Gasteiger partial charge in [0.15, 0.2) is 5.78 Å². The molecule has 0 aliphatic carbocycles. The molecule has 0 fully saturated rings. The SMILES string of the molecule is CCOC(=O)c1cccc(CC(=O)C(=CNC)c2ccccc2)c1. The summed E-state index contributed by atoms with van der Waals surface area (Å²) in [5, 5.41) is 2.92. The lowest BCUT2D eigenvalue weighted by Gasteiger charge is -2.08. The number of rotatable bonds is 7. The van der Waals surface area contributed by atoms with E-state index < -0.39 is 0 Å². The van der Waals surface area contributed by atoms with Crippen LogP contribution in [0, 0.1) is 0 Å². The van der Waals surface area contributed by atoms with Crippen molar-refractivity contribution in [1.29, 1.82) is 0 Å². The summed E-state index contributed by atoms with van der Waals surface area (Å²) in [5.74, 6) is -0.391. The minimum absolute atomic E-state index is 0.0171. The Balaban J connectivity index is 2.20. The number of ether oxygens (including phenoxy) is 1. The van der Waals surface area contributed by atoms with Crippen molar-refractivity contribution in [3.8, 4) is 0 Å². The zero-order valence-electron chi connectivity index (χ0n) is 13.9. The number of nitrogens with one attached hydrogen (secondary N) is 1. The van der Waals surface area contributed by atoms with Crippen molar-refractivity contribution in [2.24, 2.45) is 0 Å². The molecule has 24 heavy (non-hydrogen) atoms. The van der Waals surface area contributed by atoms with Crippen molar-refractivity contribution in [3.05, 3.63) is 77.5 Å². The molecule has 0 aliphatic rings. The molecule has 0 saturated carbocycles. The van der Waals surface area contributed by atoms with E-state index in [9.17, 15) is 9.59 Å². The Labute approximate surface area is 142 Å². The highest BCUT2D eigenvalue weighted by molar-refractivity contribution is 6.21. The van der Waals surface area contributed by atoms with Gasteiger partial charge in [-0.05, 0) is 30.2 Å². The molecule has 0 unspecified atom stereocenters. The van der Waals surface area contributed by atoms with E-state index in [2.05, 4.69) is 5.32 Å². The summed E-state index contributed by atoms with van der Waals surface area (Å²) in [6.45, 7) is 2.09. The van der Waals surface area contributed by atoms with Crippen LogP contribution in [0.3, 0.4) is 0 Å². The molecular weight excluding hydrogens is 302 g/mol. The fraction of sp³-hybridized carbons (Fsp3) is 0.200. The van der Waals surface area contributed by atoms with Crippen LogP contribution in [0.15, 0.2) is 60.8 Å². The Kier molecular flexibility index (Phi) is 6.32. The van der Waals surface area contributed by atoms with Crippen LogP contribution in [0.4, 0.5) is 0 Å². The number of allylic oxidation sites excluding steroid dienone is 1. The van der Waals surface area contributed by atoms with Gasteiger partial charge in [0.25, 0.3) is 0 Å². The van der Waals surface area contributed by atoms with Crippen molar-refractivity contribution in [1.82, 2.24) is 5.32 Å². The maximum Gasteiger partial charge on any atom is 0.338 e. The van der Waals surface area contributed by atoms with Gasteiger partial charge in [0.2, 0.25) is 0 Å². The third-order valence-corrected chi connectivity index (χ3v) is 3.48. The minimum Gasteiger partial charge on any atom is -0.462 e. The normalized spacial score (nSPS) is 11.0. The number of Topliss-reactive ketones (excluding diaryl/α,β-unsaturated/α-hetero) is 1. The lowest BCUT2D eigenvalue weighted by molar-refractivity contribution is -0.113. The number of hydrogen-bond donors (Lipinski definition) is 1. The number of hydrogen-bond acceptors (Lipinski definition) is 4. The summed E-state index contributed by atoms with van der Waals surface area (Å²) in [5.41, 5.74) is 2.71. The van der Waals surface area contributed by atoms with Crippen LogP contribution in [0.1, 0.15) is 28.4 Å². The molecule has 0 bridgehead atoms. The van der Waals surface area contributed by atoms with E-state index in [1.807, 2.05) is 36.4 Å². The first-order chi connectivity index (χ1) is 11.7. The second-order valence-electron chi connectivity index (χ2n) is 5.23. The topological polar surface area (TPSA) is 55.4 Å². The number of ketones is 1. The molecule has 0 spiro atoms. The Morgan fingerprint density at radius 2 is 1.75 bits per heavy atom. The van der Waals surface area contributed by atoms with E-state index in [1.165, 1.54) is 0 Å². The van der Waals surface area contributed by atoms with Crippen LogP contribution >= 0.6 is 0 Å². The molecule has 0 heterocycles. The molecule has 4 heteroatoms. The van der Waals surface area contributed by atoms with Gasteiger partial charge in [0.05, 0.1) is 12.2 Å². The van der Waals surface area contributed by atoms with Gasteiger partial charge in [-0.3, -0.25) is 4.79 Å². The molecule has 4 nitrogen and oxygen atoms in total. The maximum atomic E-state index is 12.7. The van der Waals surface area contributed by atoms with Gasteiger partial charge in [-0.1, -0.05) is 42.5 Å². The molecule has 0 saturated heterocycles. The summed E-state index contributed by atoms with van der Waals surface area (Å²) in [4.78, 5) is 24.5. The average molecular weight is 323 g/mol. The maximum absolute atomic E-state index is 12.7. The van der Waals surface area contributed by atoms with Crippen LogP contribution in [-0.4, -0.2) is 25.4 Å². The standard InChI is InChI=1S/C20H21NO3/c1-3-24-20(23)17-11-7-8-15(12-17)13-19(22)18(14-21-2)16-9-5-4-6-10-16/h4-12,14,21H,3,13H2,1-2H3. The quantitative estimate of drug-likeness (QED) is 0.628. The third kappa shape index (κ3) is 4.56. The number of carbonyl (C=O) groups excluding carboxylic acids is 2. The summed E-state index contributed by atoms with van der Waals surface area (Å²) in [7, 11) is 1.76. The average Bonchev–Trinajstić information content (AvgIpc) is 2.60. The molecule has 2 aromatic carbocycles. The second kappa shape index (κ2) is 8.67. The fourth-order valence-electron chi connectivity index (χ4n) is 2.39. The van der Waals surface area contributed by atoms with E-state index in [-0.39, 0.29) is 18.2 Å². The van der Waals surface area contributed by atoms with E-state index in [1.54, 1.807) is 38.4 Å². The molecule has 0 amide bonds. The van der Waals surface area contributed by atoms with Crippen LogP contribution in [0.25, 0.3) is 5.57 Å². The van der Waals surface area contributed by atoms with E-state index in [0.717, 1.165) is 11.1 Å². The Hall–Kier alpha value is -2.88. The largest absolute Gasteiger partial charge is 0.462 e. The summed E-state index contributed by atoms with van der Waals surface area (Å²) >= 11 is 0. The zero-order chi connectivity index (χ0) is 17.4. The molecule has 0 aliphatic heterocycles. The van der Waals surface area contributed by atoms with E-state index >= 15 is 0 Å². The highest BCUT2D eigenvalue weighted by atomic mass is 16.5. The van der Waals surface area contributed by atoms with Gasteiger partial charge in [0, 0.05) is 25.2 Å². The lowest BCUT2D eigenvalue weighted by Crippen LogP contribution is -2.10. The smallest absolute Gasteiger partial charge is 0.338 e. The van der Waals surface area contributed by atoms with Gasteiger partial charge >= 0.3 is 5.97 Å². The Morgan fingerprint density at radius 3 is 2.42 bits per heavy atom. The molecule has 2 rings (SSSR count). The second-order valence-corrected chi connectivity index (χ2v) is 5.23. The van der Waals surface area contributed by atoms with Gasteiger partial charge in [-0.15, -0.1) is 0 Å². The monoisotopic (exact) mass is 323 g/mol. The van der Waals surface area contributed by atoms with Crippen molar-refractivity contribution < 1.29 is 14.3 Å². The van der Waals surface area contributed by atoms with Gasteiger partial charge in [-0.25, -0.2) is 4.79 Å². The first kappa shape index (κ1) is 17.5. The summed E-state index contributed by atoms with van der Waals surface area (Å²) < 4.78 is 5.00. The van der Waals surface area contributed by atoms with Crippen molar-refractivity contribution in [2.45, 2.75) is 13.3 Å². The Bertz CT molecular complexity index is 736. The molecule has 0 aromatic heterocycles. The van der Waals surface area contributed by atoms with Crippen LogP contribution in [0.2, 0.25) is 0 Å². The number of benzene rings is 2. The van der Waals surface area contributed by atoms with Crippen LogP contribution < -0.4 is 5.32 Å². The van der Waals surface area contributed by atoms with Gasteiger partial charge in [-0.2, -0.15) is 0 Å². The van der Waals surface area contributed by atoms with Crippen LogP contribution in [0.5, 0.6) is 0 Å². The first-order valence-corrected chi connectivity index (χ1v) is 7.87. The van der Waals surface area contributed by atoms with Crippen molar-refractivity contribution in [3.63, 3.8) is 0 Å². The van der Waals surface area contributed by atoms with E-state index in [0.29, 0.717) is 17.7 Å². The zero-order valence-corrected chi connectivity index (χ0v) is 13.9. The van der Waals surface area contributed by atoms with Crippen LogP contribution in [-0.2, 0) is 16.0 Å². The molecule has 0 radical (unpaired) electrons. The molecule has 0 atom stereocenters. The first-order valence-electron chi connectivity index (χ1n) is 7.87. The fourth-order valence-corrected chi connectivity index (χ4v) is 2.39. The third-order valence-electron chi connectivity index (χ3n) is 3.48. The Morgan fingerprint density at radius 1 is 1.04 bits per heavy atom. The van der Waals surface area contributed by atoms with Crippen molar-refractivity contribution >= 4 is 17.3 Å². The molecule has 124 valence electrons. The van der Waals surface area contributed by atoms with Gasteiger partial charge in [0.1, 0.15) is 0 Å². The molecular formula is C20H21NO3. The van der Waals surface area contributed by atoms with Gasteiger partial charge < -0.3 is 10.1 Å². The predicted molar refractivity (Wildman–Crippen MR) is 94.6 cm³/mol.